The summed E-state index contributed by atoms with van der Waals surface area (Å²) in [5.74, 6) is -0.285. The molecule has 2 aliphatic rings. The van der Waals surface area contributed by atoms with E-state index in [2.05, 4.69) is 5.32 Å². The predicted octanol–water partition coefficient (Wildman–Crippen LogP) is 0.222. The number of carbonyl (C=O) groups is 1. The van der Waals surface area contributed by atoms with Gasteiger partial charge in [0.2, 0.25) is 15.9 Å². The first-order valence-electron chi connectivity index (χ1n) is 7.29. The van der Waals surface area contributed by atoms with Crippen LogP contribution in [0.4, 0.5) is 0 Å². The summed E-state index contributed by atoms with van der Waals surface area (Å²) in [6.07, 6.45) is 6.87. The molecule has 1 unspecified atom stereocenters. The van der Waals surface area contributed by atoms with Crippen LogP contribution in [0.5, 0.6) is 0 Å². The van der Waals surface area contributed by atoms with Crippen molar-refractivity contribution in [3.05, 3.63) is 0 Å². The summed E-state index contributed by atoms with van der Waals surface area (Å²) in [4.78, 5) is 12.2. The number of hydrogen-bond acceptors (Lipinski definition) is 4. The lowest BCUT2D eigenvalue weighted by molar-refractivity contribution is -0.125. The molecule has 1 saturated heterocycles. The fraction of sp³-hybridized carbons (Fsp3) is 0.923. The minimum absolute atomic E-state index is 0.222. The van der Waals surface area contributed by atoms with Gasteiger partial charge in [-0.2, -0.15) is 4.31 Å². The van der Waals surface area contributed by atoms with Crippen molar-refractivity contribution in [2.24, 2.45) is 0 Å². The number of aliphatic hydroxyl groups is 1. The summed E-state index contributed by atoms with van der Waals surface area (Å²) >= 11 is 0. The van der Waals surface area contributed by atoms with Crippen molar-refractivity contribution in [1.29, 1.82) is 0 Å². The maximum Gasteiger partial charge on any atom is 0.238 e. The molecule has 0 bridgehead atoms. The number of sulfonamides is 1. The van der Waals surface area contributed by atoms with Crippen LogP contribution in [0.1, 0.15) is 44.9 Å². The second-order valence-corrected chi connectivity index (χ2v) is 7.97. The topological polar surface area (TPSA) is 86.7 Å². The quantitative estimate of drug-likeness (QED) is 0.778. The zero-order valence-electron chi connectivity index (χ0n) is 12.0. The number of hydrogen-bond donors (Lipinski definition) is 2. The predicted molar refractivity (Wildman–Crippen MR) is 75.6 cm³/mol. The maximum atomic E-state index is 12.2. The second-order valence-electron chi connectivity index (χ2n) is 6.03. The van der Waals surface area contributed by atoms with Crippen molar-refractivity contribution in [3.8, 4) is 0 Å². The number of nitrogens with one attached hydrogen (secondary N) is 1. The van der Waals surface area contributed by atoms with Crippen molar-refractivity contribution in [1.82, 2.24) is 9.62 Å². The zero-order chi connectivity index (χ0) is 14.8. The monoisotopic (exact) mass is 304 g/mol. The van der Waals surface area contributed by atoms with Gasteiger partial charge in [0.25, 0.3) is 0 Å². The molecule has 0 spiro atoms. The molecule has 0 aromatic carbocycles. The standard InChI is InChI=1S/C13H24N2O4S/c1-20(18,19)15-9-5-6-11(15)12(16)14-10-13(17)7-3-2-4-8-13/h11,17H,2-10H2,1H3,(H,14,16). The van der Waals surface area contributed by atoms with E-state index in [0.29, 0.717) is 32.2 Å². The molecule has 1 heterocycles. The zero-order valence-corrected chi connectivity index (χ0v) is 12.8. The molecule has 1 amide bonds. The van der Waals surface area contributed by atoms with Crippen LogP contribution in [0.15, 0.2) is 0 Å². The highest BCUT2D eigenvalue weighted by molar-refractivity contribution is 7.88. The van der Waals surface area contributed by atoms with Gasteiger partial charge in [-0.15, -0.1) is 0 Å². The van der Waals surface area contributed by atoms with E-state index in [1.807, 2.05) is 0 Å². The number of rotatable bonds is 4. The Labute approximate surface area is 120 Å². The molecule has 0 aromatic heterocycles. The maximum absolute atomic E-state index is 12.2. The minimum Gasteiger partial charge on any atom is -0.388 e. The van der Waals surface area contributed by atoms with E-state index in [-0.39, 0.29) is 12.5 Å². The molecule has 2 N–H and O–H groups in total. The number of carbonyl (C=O) groups excluding carboxylic acids is 1. The van der Waals surface area contributed by atoms with Crippen molar-refractivity contribution in [2.45, 2.75) is 56.6 Å². The number of amides is 1. The molecule has 1 aliphatic carbocycles. The Kier molecular flexibility index (Phi) is 4.71. The van der Waals surface area contributed by atoms with Crippen LogP contribution < -0.4 is 5.32 Å². The van der Waals surface area contributed by atoms with Gasteiger partial charge in [0.1, 0.15) is 6.04 Å². The Bertz CT molecular complexity index is 457. The van der Waals surface area contributed by atoms with Crippen molar-refractivity contribution >= 4 is 15.9 Å². The largest absolute Gasteiger partial charge is 0.388 e. The molecular weight excluding hydrogens is 280 g/mol. The van der Waals surface area contributed by atoms with E-state index in [1.54, 1.807) is 0 Å². The smallest absolute Gasteiger partial charge is 0.238 e. The first-order chi connectivity index (χ1) is 9.32. The van der Waals surface area contributed by atoms with Gasteiger partial charge in [0, 0.05) is 13.1 Å². The summed E-state index contributed by atoms with van der Waals surface area (Å²) in [5, 5.41) is 13.1. The second kappa shape index (κ2) is 5.99. The van der Waals surface area contributed by atoms with E-state index < -0.39 is 21.7 Å². The van der Waals surface area contributed by atoms with E-state index >= 15 is 0 Å². The fourth-order valence-corrected chi connectivity index (χ4v) is 4.28. The van der Waals surface area contributed by atoms with Gasteiger partial charge in [-0.05, 0) is 25.7 Å². The molecule has 2 fully saturated rings. The highest BCUT2D eigenvalue weighted by atomic mass is 32.2. The normalized spacial score (nSPS) is 27.4. The SMILES string of the molecule is CS(=O)(=O)N1CCCC1C(=O)NCC1(O)CCCCC1. The molecule has 116 valence electrons. The van der Waals surface area contributed by atoms with E-state index in [4.69, 9.17) is 0 Å². The average molecular weight is 304 g/mol. The van der Waals surface area contributed by atoms with Gasteiger partial charge < -0.3 is 10.4 Å². The van der Waals surface area contributed by atoms with E-state index in [1.165, 1.54) is 4.31 Å². The van der Waals surface area contributed by atoms with Crippen molar-refractivity contribution in [2.75, 3.05) is 19.3 Å². The molecule has 1 aliphatic heterocycles. The molecule has 2 rings (SSSR count). The summed E-state index contributed by atoms with van der Waals surface area (Å²) in [6.45, 7) is 0.626. The summed E-state index contributed by atoms with van der Waals surface area (Å²) in [7, 11) is -3.35. The van der Waals surface area contributed by atoms with Crippen LogP contribution in [-0.2, 0) is 14.8 Å². The summed E-state index contributed by atoms with van der Waals surface area (Å²) < 4.78 is 24.5. The lowest BCUT2D eigenvalue weighted by Crippen LogP contribution is -2.50. The van der Waals surface area contributed by atoms with Crippen LogP contribution in [-0.4, -0.2) is 54.7 Å². The van der Waals surface area contributed by atoms with Gasteiger partial charge in [-0.1, -0.05) is 19.3 Å². The Morgan fingerprint density at radius 3 is 2.55 bits per heavy atom. The third kappa shape index (κ3) is 3.71. The van der Waals surface area contributed by atoms with Crippen molar-refractivity contribution in [3.63, 3.8) is 0 Å². The summed E-state index contributed by atoms with van der Waals surface area (Å²) in [6, 6.07) is -0.614. The molecular formula is C13H24N2O4S. The van der Waals surface area contributed by atoms with Crippen LogP contribution in [0.25, 0.3) is 0 Å². The molecule has 0 aromatic rings. The van der Waals surface area contributed by atoms with Crippen LogP contribution in [0, 0.1) is 0 Å². The summed E-state index contributed by atoms with van der Waals surface area (Å²) in [5.41, 5.74) is -0.817. The van der Waals surface area contributed by atoms with E-state index in [9.17, 15) is 18.3 Å². The Morgan fingerprint density at radius 2 is 1.95 bits per heavy atom. The van der Waals surface area contributed by atoms with Gasteiger partial charge >= 0.3 is 0 Å². The van der Waals surface area contributed by atoms with Crippen molar-refractivity contribution < 1.29 is 18.3 Å². The van der Waals surface area contributed by atoms with Gasteiger partial charge in [0.15, 0.2) is 0 Å². The first kappa shape index (κ1) is 15.7. The Morgan fingerprint density at radius 1 is 1.30 bits per heavy atom. The van der Waals surface area contributed by atoms with Crippen LogP contribution in [0.3, 0.4) is 0 Å². The highest BCUT2D eigenvalue weighted by Crippen LogP contribution is 2.27. The molecule has 7 heteroatoms. The third-order valence-electron chi connectivity index (χ3n) is 4.31. The van der Waals surface area contributed by atoms with Gasteiger partial charge in [0.05, 0.1) is 11.9 Å². The Hall–Kier alpha value is -0.660. The molecule has 1 atom stereocenters. The van der Waals surface area contributed by atoms with Crippen LogP contribution >= 0.6 is 0 Å². The fourth-order valence-electron chi connectivity index (χ4n) is 3.16. The third-order valence-corrected chi connectivity index (χ3v) is 5.60. The lowest BCUT2D eigenvalue weighted by atomic mass is 9.85. The molecule has 6 nitrogen and oxygen atoms in total. The van der Waals surface area contributed by atoms with E-state index in [0.717, 1.165) is 25.5 Å². The van der Waals surface area contributed by atoms with Gasteiger partial charge in [-0.3, -0.25) is 4.79 Å². The first-order valence-corrected chi connectivity index (χ1v) is 9.14. The lowest BCUT2D eigenvalue weighted by Gasteiger charge is -2.33. The molecule has 1 saturated carbocycles. The Balaban J connectivity index is 1.91. The van der Waals surface area contributed by atoms with Gasteiger partial charge in [-0.25, -0.2) is 8.42 Å². The van der Waals surface area contributed by atoms with Crippen LogP contribution in [0.2, 0.25) is 0 Å². The minimum atomic E-state index is -3.35. The number of nitrogens with zero attached hydrogens (tertiary/aromatic N) is 1. The average Bonchev–Trinajstić information content (AvgIpc) is 2.86. The molecule has 0 radical (unpaired) electrons. The highest BCUT2D eigenvalue weighted by Gasteiger charge is 2.37. The molecule has 20 heavy (non-hydrogen) atoms.